The zero-order valence-electron chi connectivity index (χ0n) is 10.3. The van der Waals surface area contributed by atoms with E-state index >= 15 is 0 Å². The molecule has 1 N–H and O–H groups in total. The highest BCUT2D eigenvalue weighted by Crippen LogP contribution is 2.08. The van der Waals surface area contributed by atoms with Gasteiger partial charge in [-0.05, 0) is 32.9 Å². The van der Waals surface area contributed by atoms with Crippen LogP contribution in [0.5, 0.6) is 0 Å². The Morgan fingerprint density at radius 2 is 1.93 bits per heavy atom. The average molecular weight is 236 g/mol. The summed E-state index contributed by atoms with van der Waals surface area (Å²) in [6.07, 6.45) is 1.53. The van der Waals surface area contributed by atoms with Gasteiger partial charge in [-0.25, -0.2) is 12.7 Å². The summed E-state index contributed by atoms with van der Waals surface area (Å²) in [5, 5.41) is 3.12. The van der Waals surface area contributed by atoms with E-state index in [1.807, 2.05) is 20.8 Å². The lowest BCUT2D eigenvalue weighted by molar-refractivity contribution is 0.380. The first kappa shape index (κ1) is 14.9. The van der Waals surface area contributed by atoms with Crippen molar-refractivity contribution in [2.45, 2.75) is 39.7 Å². The van der Waals surface area contributed by atoms with Crippen molar-refractivity contribution in [1.82, 2.24) is 9.62 Å². The summed E-state index contributed by atoms with van der Waals surface area (Å²) in [7, 11) is -1.40. The molecule has 0 saturated carbocycles. The van der Waals surface area contributed by atoms with Crippen LogP contribution < -0.4 is 5.32 Å². The van der Waals surface area contributed by atoms with Gasteiger partial charge in [0.05, 0.1) is 5.75 Å². The minimum atomic E-state index is -3.06. The van der Waals surface area contributed by atoms with Gasteiger partial charge in [0, 0.05) is 13.1 Å². The van der Waals surface area contributed by atoms with Crippen molar-refractivity contribution in [1.29, 1.82) is 0 Å². The standard InChI is InChI=1S/C10H24N2O2S/c1-5-10(3)12(4)15(13,14)9-7-8-11-6-2/h10-11H,5-9H2,1-4H3. The fraction of sp³-hybridized carbons (Fsp3) is 1.00. The number of hydrogen-bond acceptors (Lipinski definition) is 3. The third kappa shape index (κ3) is 5.49. The first-order valence-corrected chi connectivity index (χ1v) is 7.23. The summed E-state index contributed by atoms with van der Waals surface area (Å²) >= 11 is 0. The second-order valence-electron chi connectivity index (χ2n) is 3.80. The van der Waals surface area contributed by atoms with Gasteiger partial charge >= 0.3 is 0 Å². The fourth-order valence-corrected chi connectivity index (χ4v) is 2.73. The molecule has 4 nitrogen and oxygen atoms in total. The van der Waals surface area contributed by atoms with Gasteiger partial charge in [0.2, 0.25) is 10.0 Å². The maximum absolute atomic E-state index is 11.8. The summed E-state index contributed by atoms with van der Waals surface area (Å²) in [6, 6.07) is 0.0918. The highest BCUT2D eigenvalue weighted by Gasteiger charge is 2.21. The Balaban J connectivity index is 4.06. The van der Waals surface area contributed by atoms with E-state index in [-0.39, 0.29) is 11.8 Å². The number of nitrogens with zero attached hydrogens (tertiary/aromatic N) is 1. The molecule has 1 unspecified atom stereocenters. The number of hydrogen-bond donors (Lipinski definition) is 1. The van der Waals surface area contributed by atoms with E-state index in [4.69, 9.17) is 0 Å². The second kappa shape index (κ2) is 7.19. The molecule has 0 radical (unpaired) electrons. The van der Waals surface area contributed by atoms with Gasteiger partial charge in [-0.1, -0.05) is 13.8 Å². The van der Waals surface area contributed by atoms with Gasteiger partial charge in [0.25, 0.3) is 0 Å². The predicted octanol–water partition coefficient (Wildman–Crippen LogP) is 1.05. The van der Waals surface area contributed by atoms with E-state index in [1.165, 1.54) is 4.31 Å². The van der Waals surface area contributed by atoms with Crippen LogP contribution in [0.3, 0.4) is 0 Å². The van der Waals surface area contributed by atoms with E-state index in [0.29, 0.717) is 6.42 Å². The Bertz CT molecular complexity index is 252. The van der Waals surface area contributed by atoms with Crippen LogP contribution in [0.2, 0.25) is 0 Å². The molecule has 0 amide bonds. The van der Waals surface area contributed by atoms with E-state index in [9.17, 15) is 8.42 Å². The van der Waals surface area contributed by atoms with E-state index in [1.54, 1.807) is 7.05 Å². The third-order valence-corrected chi connectivity index (χ3v) is 4.70. The van der Waals surface area contributed by atoms with Crippen molar-refractivity contribution in [3.05, 3.63) is 0 Å². The first-order valence-electron chi connectivity index (χ1n) is 5.62. The van der Waals surface area contributed by atoms with Crippen LogP contribution in [0.1, 0.15) is 33.6 Å². The Labute approximate surface area is 94.1 Å². The first-order chi connectivity index (χ1) is 6.95. The van der Waals surface area contributed by atoms with E-state index in [0.717, 1.165) is 19.5 Å². The smallest absolute Gasteiger partial charge is 0.214 e. The molecule has 0 fully saturated rings. The molecule has 0 aliphatic rings. The van der Waals surface area contributed by atoms with Crippen LogP contribution >= 0.6 is 0 Å². The molecule has 0 heterocycles. The van der Waals surface area contributed by atoms with Crippen LogP contribution in [0.25, 0.3) is 0 Å². The second-order valence-corrected chi connectivity index (χ2v) is 5.94. The Kier molecular flexibility index (Phi) is 7.13. The van der Waals surface area contributed by atoms with E-state index < -0.39 is 10.0 Å². The van der Waals surface area contributed by atoms with Gasteiger partial charge in [0.1, 0.15) is 0 Å². The Hall–Kier alpha value is -0.130. The van der Waals surface area contributed by atoms with Crippen molar-refractivity contribution in [3.8, 4) is 0 Å². The van der Waals surface area contributed by atoms with Crippen molar-refractivity contribution in [2.24, 2.45) is 0 Å². The molecule has 0 spiro atoms. The molecular formula is C10H24N2O2S. The molecule has 5 heteroatoms. The van der Waals surface area contributed by atoms with Gasteiger partial charge in [0.15, 0.2) is 0 Å². The quantitative estimate of drug-likeness (QED) is 0.641. The molecular weight excluding hydrogens is 212 g/mol. The van der Waals surface area contributed by atoms with Gasteiger partial charge in [-0.2, -0.15) is 0 Å². The Morgan fingerprint density at radius 1 is 1.33 bits per heavy atom. The van der Waals surface area contributed by atoms with Gasteiger partial charge in [-0.3, -0.25) is 0 Å². The van der Waals surface area contributed by atoms with Gasteiger partial charge < -0.3 is 5.32 Å². The fourth-order valence-electron chi connectivity index (χ4n) is 1.23. The predicted molar refractivity (Wildman–Crippen MR) is 64.5 cm³/mol. The molecule has 0 aromatic heterocycles. The molecule has 15 heavy (non-hydrogen) atoms. The SMILES string of the molecule is CCNCCCS(=O)(=O)N(C)C(C)CC. The molecule has 0 aromatic carbocycles. The highest BCUT2D eigenvalue weighted by molar-refractivity contribution is 7.89. The summed E-state index contributed by atoms with van der Waals surface area (Å²) in [5.74, 6) is 0.237. The lowest BCUT2D eigenvalue weighted by Crippen LogP contribution is -2.36. The number of nitrogens with one attached hydrogen (secondary N) is 1. The van der Waals surface area contributed by atoms with Gasteiger partial charge in [-0.15, -0.1) is 0 Å². The lowest BCUT2D eigenvalue weighted by atomic mass is 10.3. The average Bonchev–Trinajstić information content (AvgIpc) is 2.22. The lowest BCUT2D eigenvalue weighted by Gasteiger charge is -2.23. The minimum Gasteiger partial charge on any atom is -0.317 e. The molecule has 0 aliphatic carbocycles. The largest absolute Gasteiger partial charge is 0.317 e. The van der Waals surface area contributed by atoms with Crippen molar-refractivity contribution in [3.63, 3.8) is 0 Å². The third-order valence-electron chi connectivity index (χ3n) is 2.66. The monoisotopic (exact) mass is 236 g/mol. The minimum absolute atomic E-state index is 0.0918. The zero-order valence-corrected chi connectivity index (χ0v) is 11.1. The Morgan fingerprint density at radius 3 is 2.40 bits per heavy atom. The molecule has 0 aromatic rings. The number of sulfonamides is 1. The maximum atomic E-state index is 11.8. The summed E-state index contributed by atoms with van der Waals surface area (Å²) in [6.45, 7) is 7.60. The summed E-state index contributed by atoms with van der Waals surface area (Å²) < 4.78 is 25.1. The summed E-state index contributed by atoms with van der Waals surface area (Å²) in [5.41, 5.74) is 0. The van der Waals surface area contributed by atoms with Crippen molar-refractivity contribution >= 4 is 10.0 Å². The van der Waals surface area contributed by atoms with Crippen LogP contribution in [0.4, 0.5) is 0 Å². The van der Waals surface area contributed by atoms with Crippen LogP contribution in [-0.4, -0.2) is 44.7 Å². The molecule has 92 valence electrons. The van der Waals surface area contributed by atoms with E-state index in [2.05, 4.69) is 5.32 Å². The molecule has 0 aliphatic heterocycles. The number of rotatable bonds is 8. The van der Waals surface area contributed by atoms with Crippen LogP contribution in [0, 0.1) is 0 Å². The highest BCUT2D eigenvalue weighted by atomic mass is 32.2. The zero-order chi connectivity index (χ0) is 11.9. The topological polar surface area (TPSA) is 49.4 Å². The molecule has 0 saturated heterocycles. The normalized spacial score (nSPS) is 14.5. The molecule has 0 rings (SSSR count). The van der Waals surface area contributed by atoms with Crippen molar-refractivity contribution < 1.29 is 8.42 Å². The van der Waals surface area contributed by atoms with Crippen LogP contribution in [-0.2, 0) is 10.0 Å². The molecule has 0 bridgehead atoms. The van der Waals surface area contributed by atoms with Crippen molar-refractivity contribution in [2.75, 3.05) is 25.9 Å². The van der Waals surface area contributed by atoms with Crippen LogP contribution in [0.15, 0.2) is 0 Å². The summed E-state index contributed by atoms with van der Waals surface area (Å²) in [4.78, 5) is 0. The molecule has 1 atom stereocenters. The maximum Gasteiger partial charge on any atom is 0.214 e.